The number of thiazole rings is 1. The van der Waals surface area contributed by atoms with Crippen molar-refractivity contribution in [1.29, 1.82) is 0 Å². The summed E-state index contributed by atoms with van der Waals surface area (Å²) in [5.74, 6) is -1.02. The predicted molar refractivity (Wildman–Crippen MR) is 63.8 cm³/mol. The molecule has 1 heterocycles. The molecule has 0 aliphatic rings. The number of carboxylic acids is 1. The minimum absolute atomic E-state index is 0.164. The second-order valence-electron chi connectivity index (χ2n) is 3.70. The first-order chi connectivity index (χ1) is 8.00. The van der Waals surface area contributed by atoms with Crippen molar-refractivity contribution in [3.05, 3.63) is 16.6 Å². The van der Waals surface area contributed by atoms with Gasteiger partial charge in [0.15, 0.2) is 0 Å². The van der Waals surface area contributed by atoms with E-state index >= 15 is 0 Å². The van der Waals surface area contributed by atoms with Gasteiger partial charge in [-0.05, 0) is 13.8 Å². The van der Waals surface area contributed by atoms with Crippen molar-refractivity contribution in [2.45, 2.75) is 26.4 Å². The van der Waals surface area contributed by atoms with Crippen LogP contribution in [0.25, 0.3) is 0 Å². The summed E-state index contributed by atoms with van der Waals surface area (Å²) in [6.07, 6.45) is 1.66. The molecule has 7 heteroatoms. The quantitative estimate of drug-likeness (QED) is 0.829. The fourth-order valence-corrected chi connectivity index (χ4v) is 1.78. The van der Waals surface area contributed by atoms with Crippen LogP contribution in [0, 0.1) is 0 Å². The average molecular weight is 257 g/mol. The molecular weight excluding hydrogens is 242 g/mol. The number of amides is 2. The standard InChI is InChI=1S/C10H15N3O3S/c1-7(2)13(6-9(14)15)10(16)12-5-8-11-3-4-17-8/h3-4,7H,5-6H2,1-2H3,(H,12,16)(H,14,15). The molecule has 0 aliphatic heterocycles. The van der Waals surface area contributed by atoms with Gasteiger partial charge in [-0.1, -0.05) is 0 Å². The van der Waals surface area contributed by atoms with Crippen LogP contribution in [0.4, 0.5) is 4.79 Å². The minimum Gasteiger partial charge on any atom is -0.480 e. The van der Waals surface area contributed by atoms with E-state index in [1.807, 2.05) is 5.38 Å². The smallest absolute Gasteiger partial charge is 0.323 e. The predicted octanol–water partition coefficient (Wildman–Crippen LogP) is 1.15. The fourth-order valence-electron chi connectivity index (χ4n) is 1.23. The molecule has 2 N–H and O–H groups in total. The monoisotopic (exact) mass is 257 g/mol. The van der Waals surface area contributed by atoms with Crippen molar-refractivity contribution in [2.24, 2.45) is 0 Å². The number of carbonyl (C=O) groups excluding carboxylic acids is 1. The van der Waals surface area contributed by atoms with Gasteiger partial charge in [0.1, 0.15) is 11.6 Å². The Morgan fingerprint density at radius 2 is 2.29 bits per heavy atom. The molecule has 0 unspecified atom stereocenters. The molecule has 17 heavy (non-hydrogen) atoms. The topological polar surface area (TPSA) is 82.5 Å². The largest absolute Gasteiger partial charge is 0.480 e. The van der Waals surface area contributed by atoms with Gasteiger partial charge in [0.25, 0.3) is 0 Å². The molecule has 0 fully saturated rings. The Kier molecular flexibility index (Phi) is 4.89. The molecule has 0 saturated carbocycles. The fraction of sp³-hybridized carbons (Fsp3) is 0.500. The van der Waals surface area contributed by atoms with Crippen molar-refractivity contribution < 1.29 is 14.7 Å². The molecule has 94 valence electrons. The van der Waals surface area contributed by atoms with E-state index in [1.54, 1.807) is 20.0 Å². The van der Waals surface area contributed by atoms with E-state index in [0.29, 0.717) is 6.54 Å². The van der Waals surface area contributed by atoms with Crippen molar-refractivity contribution in [3.8, 4) is 0 Å². The number of carboxylic acid groups (broad SMARTS) is 1. The number of nitrogens with zero attached hydrogens (tertiary/aromatic N) is 2. The highest BCUT2D eigenvalue weighted by atomic mass is 32.1. The lowest BCUT2D eigenvalue weighted by Crippen LogP contribution is -2.46. The van der Waals surface area contributed by atoms with Crippen LogP contribution < -0.4 is 5.32 Å². The van der Waals surface area contributed by atoms with Crippen LogP contribution in [0.1, 0.15) is 18.9 Å². The molecule has 0 radical (unpaired) electrons. The van der Waals surface area contributed by atoms with E-state index in [1.165, 1.54) is 16.2 Å². The number of nitrogens with one attached hydrogen (secondary N) is 1. The van der Waals surface area contributed by atoms with Gasteiger partial charge in [0, 0.05) is 17.6 Å². The molecule has 1 rings (SSSR count). The first-order valence-electron chi connectivity index (χ1n) is 5.15. The summed E-state index contributed by atoms with van der Waals surface area (Å²) < 4.78 is 0. The normalized spacial score (nSPS) is 10.3. The lowest BCUT2D eigenvalue weighted by Gasteiger charge is -2.24. The summed E-state index contributed by atoms with van der Waals surface area (Å²) >= 11 is 1.44. The first kappa shape index (κ1) is 13.4. The molecule has 0 aliphatic carbocycles. The number of hydrogen-bond acceptors (Lipinski definition) is 4. The van der Waals surface area contributed by atoms with Crippen LogP contribution in [-0.4, -0.2) is 39.6 Å². The van der Waals surface area contributed by atoms with E-state index in [9.17, 15) is 9.59 Å². The van der Waals surface area contributed by atoms with Gasteiger partial charge in [-0.25, -0.2) is 9.78 Å². The van der Waals surface area contributed by atoms with E-state index in [2.05, 4.69) is 10.3 Å². The summed E-state index contributed by atoms with van der Waals surface area (Å²) in [5, 5.41) is 14.0. The van der Waals surface area contributed by atoms with Gasteiger partial charge in [0.2, 0.25) is 0 Å². The Balaban J connectivity index is 2.50. The third kappa shape index (κ3) is 4.39. The van der Waals surface area contributed by atoms with E-state index in [4.69, 9.17) is 5.11 Å². The maximum absolute atomic E-state index is 11.7. The molecular formula is C10H15N3O3S. The zero-order valence-corrected chi connectivity index (χ0v) is 10.5. The number of aliphatic carboxylic acids is 1. The first-order valence-corrected chi connectivity index (χ1v) is 6.03. The van der Waals surface area contributed by atoms with Gasteiger partial charge in [-0.3, -0.25) is 4.79 Å². The second kappa shape index (κ2) is 6.19. The van der Waals surface area contributed by atoms with E-state index in [-0.39, 0.29) is 12.6 Å². The van der Waals surface area contributed by atoms with Gasteiger partial charge in [-0.2, -0.15) is 0 Å². The van der Waals surface area contributed by atoms with Gasteiger partial charge < -0.3 is 15.3 Å². The zero-order valence-electron chi connectivity index (χ0n) is 9.71. The van der Waals surface area contributed by atoms with Crippen LogP contribution in [-0.2, 0) is 11.3 Å². The van der Waals surface area contributed by atoms with Crippen molar-refractivity contribution in [1.82, 2.24) is 15.2 Å². The molecule has 2 amide bonds. The average Bonchev–Trinajstić information content (AvgIpc) is 2.74. The second-order valence-corrected chi connectivity index (χ2v) is 4.68. The highest BCUT2D eigenvalue weighted by Crippen LogP contribution is 2.04. The Labute approximate surface area is 103 Å². The number of carbonyl (C=O) groups is 2. The molecule has 0 saturated heterocycles. The molecule has 1 aromatic heterocycles. The summed E-state index contributed by atoms with van der Waals surface area (Å²) in [4.78, 5) is 27.6. The van der Waals surface area contributed by atoms with E-state index in [0.717, 1.165) is 5.01 Å². The highest BCUT2D eigenvalue weighted by molar-refractivity contribution is 7.09. The van der Waals surface area contributed by atoms with Crippen LogP contribution in [0.15, 0.2) is 11.6 Å². The lowest BCUT2D eigenvalue weighted by atomic mass is 10.3. The molecule has 0 bridgehead atoms. The number of hydrogen-bond donors (Lipinski definition) is 2. The van der Waals surface area contributed by atoms with Crippen LogP contribution in [0.5, 0.6) is 0 Å². The molecule has 0 spiro atoms. The minimum atomic E-state index is -1.02. The Morgan fingerprint density at radius 3 is 2.76 bits per heavy atom. The number of rotatable bonds is 5. The third-order valence-corrected chi connectivity index (χ3v) is 2.84. The highest BCUT2D eigenvalue weighted by Gasteiger charge is 2.19. The van der Waals surface area contributed by atoms with E-state index < -0.39 is 12.0 Å². The van der Waals surface area contributed by atoms with Gasteiger partial charge >= 0.3 is 12.0 Å². The zero-order chi connectivity index (χ0) is 12.8. The molecule has 0 aromatic carbocycles. The van der Waals surface area contributed by atoms with Crippen molar-refractivity contribution in [2.75, 3.05) is 6.54 Å². The van der Waals surface area contributed by atoms with Crippen LogP contribution >= 0.6 is 11.3 Å². The van der Waals surface area contributed by atoms with Gasteiger partial charge in [-0.15, -0.1) is 11.3 Å². The lowest BCUT2D eigenvalue weighted by molar-refractivity contribution is -0.138. The Morgan fingerprint density at radius 1 is 1.59 bits per heavy atom. The number of urea groups is 1. The van der Waals surface area contributed by atoms with Crippen LogP contribution in [0.3, 0.4) is 0 Å². The van der Waals surface area contributed by atoms with Gasteiger partial charge in [0.05, 0.1) is 6.54 Å². The SMILES string of the molecule is CC(C)N(CC(=O)O)C(=O)NCc1nccs1. The molecule has 0 atom stereocenters. The summed E-state index contributed by atoms with van der Waals surface area (Å²) in [6.45, 7) is 3.55. The van der Waals surface area contributed by atoms with Crippen molar-refractivity contribution in [3.63, 3.8) is 0 Å². The Hall–Kier alpha value is -1.63. The summed E-state index contributed by atoms with van der Waals surface area (Å²) in [7, 11) is 0. The summed E-state index contributed by atoms with van der Waals surface area (Å²) in [6, 6.07) is -0.556. The van der Waals surface area contributed by atoms with Crippen molar-refractivity contribution >= 4 is 23.3 Å². The third-order valence-electron chi connectivity index (χ3n) is 2.06. The maximum Gasteiger partial charge on any atom is 0.323 e. The Bertz CT molecular complexity index is 378. The molecule has 6 nitrogen and oxygen atoms in total. The molecule has 1 aromatic rings. The maximum atomic E-state index is 11.7. The van der Waals surface area contributed by atoms with Crippen LogP contribution in [0.2, 0.25) is 0 Å². The number of aromatic nitrogens is 1. The summed E-state index contributed by atoms with van der Waals surface area (Å²) in [5.41, 5.74) is 0.